The third-order valence-electron chi connectivity index (χ3n) is 3.75. The van der Waals surface area contributed by atoms with Gasteiger partial charge in [-0.15, -0.1) is 5.10 Å². The zero-order valence-electron chi connectivity index (χ0n) is 13.6. The van der Waals surface area contributed by atoms with Crippen molar-refractivity contribution in [3.63, 3.8) is 0 Å². The molecule has 0 saturated heterocycles. The molecule has 0 atom stereocenters. The lowest BCUT2D eigenvalue weighted by Crippen LogP contribution is -2.08. The number of aromatic hydroxyl groups is 1. The molecule has 3 heteroatoms. The van der Waals surface area contributed by atoms with Crippen molar-refractivity contribution in [1.29, 1.82) is 0 Å². The molecule has 1 heterocycles. The molecule has 21 heavy (non-hydrogen) atoms. The smallest absolute Gasteiger partial charge is 0.234 e. The Morgan fingerprint density at radius 3 is 2.57 bits per heavy atom. The van der Waals surface area contributed by atoms with E-state index in [1.165, 1.54) is 11.1 Å². The van der Waals surface area contributed by atoms with Crippen LogP contribution in [0.4, 0.5) is 0 Å². The monoisotopic (exact) mass is 286 g/mol. The number of aromatic nitrogens is 2. The minimum Gasteiger partial charge on any atom is -0.492 e. The van der Waals surface area contributed by atoms with Crippen molar-refractivity contribution < 1.29 is 5.11 Å². The van der Waals surface area contributed by atoms with Gasteiger partial charge in [-0.05, 0) is 31.2 Å². The molecule has 0 aliphatic heterocycles. The maximum absolute atomic E-state index is 10.3. The summed E-state index contributed by atoms with van der Waals surface area (Å²) in [6.45, 7) is 9.45. The molecule has 0 aliphatic rings. The van der Waals surface area contributed by atoms with Crippen LogP contribution in [0, 0.1) is 12.8 Å². The third kappa shape index (κ3) is 3.46. The summed E-state index contributed by atoms with van der Waals surface area (Å²) in [6, 6.07) is 8.34. The molecule has 0 aliphatic carbocycles. The fraction of sp³-hybridized carbons (Fsp3) is 0.500. The van der Waals surface area contributed by atoms with E-state index in [1.807, 2.05) is 10.7 Å². The van der Waals surface area contributed by atoms with Crippen molar-refractivity contribution in [1.82, 2.24) is 9.78 Å². The van der Waals surface area contributed by atoms with E-state index in [-0.39, 0.29) is 5.88 Å². The summed E-state index contributed by atoms with van der Waals surface area (Å²) < 4.78 is 1.98. The van der Waals surface area contributed by atoms with Crippen LogP contribution in [0.1, 0.15) is 44.7 Å². The molecule has 2 rings (SSSR count). The number of benzene rings is 1. The fourth-order valence-corrected chi connectivity index (χ4v) is 2.69. The van der Waals surface area contributed by atoms with Crippen molar-refractivity contribution in [2.24, 2.45) is 5.92 Å². The average Bonchev–Trinajstić information content (AvgIpc) is 2.72. The Kier molecular flexibility index (Phi) is 5.05. The normalized spacial score (nSPS) is 11.3. The van der Waals surface area contributed by atoms with E-state index < -0.39 is 0 Å². The molecule has 3 nitrogen and oxygen atoms in total. The van der Waals surface area contributed by atoms with Crippen molar-refractivity contribution in [2.45, 2.75) is 53.5 Å². The van der Waals surface area contributed by atoms with Gasteiger partial charge < -0.3 is 5.11 Å². The Morgan fingerprint density at radius 2 is 1.95 bits per heavy atom. The summed E-state index contributed by atoms with van der Waals surface area (Å²) in [5.41, 5.74) is 4.48. The highest BCUT2D eigenvalue weighted by Crippen LogP contribution is 2.33. The largest absolute Gasteiger partial charge is 0.492 e. The lowest BCUT2D eigenvalue weighted by atomic mass is 9.99. The van der Waals surface area contributed by atoms with Crippen LogP contribution in [0.5, 0.6) is 5.88 Å². The second-order valence-corrected chi connectivity index (χ2v) is 6.15. The molecule has 1 N–H and O–H groups in total. The van der Waals surface area contributed by atoms with Crippen LogP contribution in [0.3, 0.4) is 0 Å². The molecule has 2 aromatic rings. The zero-order chi connectivity index (χ0) is 15.4. The second-order valence-electron chi connectivity index (χ2n) is 6.15. The summed E-state index contributed by atoms with van der Waals surface area (Å²) in [7, 11) is 0. The Morgan fingerprint density at radius 1 is 1.24 bits per heavy atom. The molecule has 0 bridgehead atoms. The maximum atomic E-state index is 10.3. The maximum Gasteiger partial charge on any atom is 0.234 e. The molecule has 0 saturated carbocycles. The minimum absolute atomic E-state index is 0.197. The average molecular weight is 286 g/mol. The number of rotatable bonds is 6. The van der Waals surface area contributed by atoms with Crippen LogP contribution in [0.15, 0.2) is 24.3 Å². The van der Waals surface area contributed by atoms with Crippen molar-refractivity contribution in [3.8, 4) is 17.1 Å². The van der Waals surface area contributed by atoms with E-state index in [9.17, 15) is 5.11 Å². The van der Waals surface area contributed by atoms with Crippen LogP contribution < -0.4 is 0 Å². The summed E-state index contributed by atoms with van der Waals surface area (Å²) in [6.07, 6.45) is 3.06. The van der Waals surface area contributed by atoms with Crippen LogP contribution in [0.2, 0.25) is 0 Å². The predicted octanol–water partition coefficient (Wildman–Crippen LogP) is 4.56. The van der Waals surface area contributed by atoms with E-state index in [1.54, 1.807) is 0 Å². The molecular formula is C18H26N2O. The quantitative estimate of drug-likeness (QED) is 0.845. The van der Waals surface area contributed by atoms with Gasteiger partial charge in [0.05, 0.1) is 5.69 Å². The van der Waals surface area contributed by atoms with E-state index in [2.05, 4.69) is 51.0 Å². The summed E-state index contributed by atoms with van der Waals surface area (Å²) in [5, 5.41) is 14.7. The number of hydrogen-bond donors (Lipinski definition) is 1. The Bertz CT molecular complexity index is 599. The molecular weight excluding hydrogens is 260 g/mol. The van der Waals surface area contributed by atoms with Gasteiger partial charge in [0, 0.05) is 17.7 Å². The zero-order valence-corrected chi connectivity index (χ0v) is 13.6. The molecule has 114 valence electrons. The van der Waals surface area contributed by atoms with Gasteiger partial charge in [0.25, 0.3) is 0 Å². The van der Waals surface area contributed by atoms with Gasteiger partial charge in [0.15, 0.2) is 0 Å². The summed E-state index contributed by atoms with van der Waals surface area (Å²) in [4.78, 5) is 0. The lowest BCUT2D eigenvalue weighted by Gasteiger charge is -2.13. The van der Waals surface area contributed by atoms with Gasteiger partial charge >= 0.3 is 0 Å². The molecule has 1 aromatic heterocycles. The summed E-state index contributed by atoms with van der Waals surface area (Å²) >= 11 is 0. The van der Waals surface area contributed by atoms with Gasteiger partial charge in [-0.25, -0.2) is 0 Å². The Labute approximate surface area is 127 Å². The number of unbranched alkanes of at least 4 members (excludes halogenated alkanes) is 1. The van der Waals surface area contributed by atoms with E-state index in [4.69, 9.17) is 0 Å². The molecule has 0 spiro atoms. The molecule has 0 fully saturated rings. The molecule has 0 unspecified atom stereocenters. The van der Waals surface area contributed by atoms with Crippen LogP contribution in [-0.4, -0.2) is 14.9 Å². The first-order valence-electron chi connectivity index (χ1n) is 7.89. The first-order valence-corrected chi connectivity index (χ1v) is 7.89. The first kappa shape index (κ1) is 15.6. The number of nitrogens with zero attached hydrogens (tertiary/aromatic N) is 2. The van der Waals surface area contributed by atoms with E-state index in [0.29, 0.717) is 5.92 Å². The van der Waals surface area contributed by atoms with Crippen LogP contribution >= 0.6 is 0 Å². The fourth-order valence-electron chi connectivity index (χ4n) is 2.69. The molecule has 0 radical (unpaired) electrons. The minimum atomic E-state index is 0.197. The van der Waals surface area contributed by atoms with Gasteiger partial charge in [0.1, 0.15) is 0 Å². The van der Waals surface area contributed by atoms with Gasteiger partial charge in [0.2, 0.25) is 5.88 Å². The Balaban J connectivity index is 2.56. The van der Waals surface area contributed by atoms with Crippen LogP contribution in [-0.2, 0) is 13.0 Å². The highest BCUT2D eigenvalue weighted by atomic mass is 16.3. The highest BCUT2D eigenvalue weighted by molar-refractivity contribution is 5.69. The number of aryl methyl sites for hydroxylation is 1. The van der Waals surface area contributed by atoms with Crippen molar-refractivity contribution >= 4 is 0 Å². The van der Waals surface area contributed by atoms with E-state index >= 15 is 0 Å². The SMILES string of the molecule is CCCCc1c(O)nn(CC(C)C)c1-c1ccccc1C. The lowest BCUT2D eigenvalue weighted by molar-refractivity contribution is 0.418. The van der Waals surface area contributed by atoms with E-state index in [0.717, 1.165) is 37.1 Å². The predicted molar refractivity (Wildman–Crippen MR) is 87.5 cm³/mol. The van der Waals surface area contributed by atoms with Gasteiger partial charge in [-0.3, -0.25) is 4.68 Å². The van der Waals surface area contributed by atoms with Crippen molar-refractivity contribution in [2.75, 3.05) is 0 Å². The second kappa shape index (κ2) is 6.79. The standard InChI is InChI=1S/C18H26N2O/c1-5-6-10-16-17(15-11-8-7-9-14(15)4)20(12-13(2)3)19-18(16)21/h7-9,11,13H,5-6,10,12H2,1-4H3,(H,19,21). The van der Waals surface area contributed by atoms with Gasteiger partial charge in [-0.2, -0.15) is 0 Å². The highest BCUT2D eigenvalue weighted by Gasteiger charge is 2.20. The third-order valence-corrected chi connectivity index (χ3v) is 3.75. The van der Waals surface area contributed by atoms with Crippen LogP contribution in [0.25, 0.3) is 11.3 Å². The number of hydrogen-bond acceptors (Lipinski definition) is 2. The Hall–Kier alpha value is -1.77. The van der Waals surface area contributed by atoms with Gasteiger partial charge in [-0.1, -0.05) is 51.5 Å². The molecule has 1 aromatic carbocycles. The summed E-state index contributed by atoms with van der Waals surface area (Å²) in [5.74, 6) is 0.688. The first-order chi connectivity index (χ1) is 10.0. The topological polar surface area (TPSA) is 38.1 Å². The van der Waals surface area contributed by atoms with Crippen molar-refractivity contribution in [3.05, 3.63) is 35.4 Å². The molecule has 0 amide bonds.